The molecule has 0 spiro atoms. The topological polar surface area (TPSA) is 79.2 Å². The number of nitrogens with one attached hydrogen (secondary N) is 3. The van der Waals surface area contributed by atoms with Crippen LogP contribution in [0.2, 0.25) is 0 Å². The van der Waals surface area contributed by atoms with Crippen LogP contribution in [0.15, 0.2) is 10.6 Å². The number of hydrogen-bond donors (Lipinski definition) is 3. The number of carbonyl (C=O) groups excluding carboxylic acids is 1. The van der Waals surface area contributed by atoms with Gasteiger partial charge in [-0.05, 0) is 38.9 Å². The zero-order chi connectivity index (χ0) is 13.1. The molecule has 18 heavy (non-hydrogen) atoms. The quantitative estimate of drug-likeness (QED) is 0.562. The molecule has 0 unspecified atom stereocenters. The molecule has 7 heteroatoms. The summed E-state index contributed by atoms with van der Waals surface area (Å²) in [5.74, 6) is 0.859. The normalized spacial score (nSPS) is 14.4. The molecular formula is C11H16N4O2S. The smallest absolute Gasteiger partial charge is 0.291 e. The van der Waals surface area contributed by atoms with E-state index in [9.17, 15) is 4.79 Å². The number of carbonyl (C=O) groups is 1. The molecule has 1 saturated carbocycles. The first-order valence-electron chi connectivity index (χ1n) is 5.89. The van der Waals surface area contributed by atoms with E-state index in [2.05, 4.69) is 21.3 Å². The van der Waals surface area contributed by atoms with Crippen molar-refractivity contribution in [3.8, 4) is 0 Å². The van der Waals surface area contributed by atoms with Crippen molar-refractivity contribution in [1.29, 1.82) is 0 Å². The van der Waals surface area contributed by atoms with Crippen molar-refractivity contribution in [3.63, 3.8) is 0 Å². The molecule has 0 aromatic carbocycles. The van der Waals surface area contributed by atoms with Gasteiger partial charge in [0.15, 0.2) is 10.8 Å². The maximum absolute atomic E-state index is 11.7. The van der Waals surface area contributed by atoms with Gasteiger partial charge in [0.05, 0.1) is 0 Å². The third-order valence-corrected chi connectivity index (χ3v) is 2.67. The van der Waals surface area contributed by atoms with Crippen molar-refractivity contribution in [2.24, 2.45) is 0 Å². The third kappa shape index (κ3) is 3.43. The molecule has 1 aliphatic carbocycles. The Hall–Kier alpha value is -1.63. The van der Waals surface area contributed by atoms with Crippen molar-refractivity contribution in [1.82, 2.24) is 21.3 Å². The lowest BCUT2D eigenvalue weighted by molar-refractivity contribution is 0.0934. The number of aromatic nitrogens is 1. The van der Waals surface area contributed by atoms with Gasteiger partial charge in [-0.25, -0.2) is 0 Å². The summed E-state index contributed by atoms with van der Waals surface area (Å²) in [6.45, 7) is 3.91. The van der Waals surface area contributed by atoms with E-state index in [4.69, 9.17) is 16.7 Å². The molecule has 1 aliphatic rings. The molecule has 1 heterocycles. The molecule has 1 fully saturated rings. The molecule has 0 saturated heterocycles. The Morgan fingerprint density at radius 1 is 1.50 bits per heavy atom. The Balaban J connectivity index is 1.81. The predicted molar refractivity (Wildman–Crippen MR) is 69.9 cm³/mol. The van der Waals surface area contributed by atoms with Gasteiger partial charge in [0.1, 0.15) is 5.76 Å². The Bertz CT molecular complexity index is 454. The number of hydrazine groups is 1. The molecule has 0 bridgehead atoms. The molecule has 1 amide bonds. The van der Waals surface area contributed by atoms with E-state index in [1.807, 2.05) is 13.8 Å². The fourth-order valence-corrected chi connectivity index (χ4v) is 1.72. The zero-order valence-electron chi connectivity index (χ0n) is 10.3. The molecule has 98 valence electrons. The number of thiocarbonyl (C=S) groups is 1. The van der Waals surface area contributed by atoms with Gasteiger partial charge in [-0.3, -0.25) is 15.6 Å². The minimum atomic E-state index is -0.362. The fourth-order valence-electron chi connectivity index (χ4n) is 1.43. The molecule has 0 radical (unpaired) electrons. The highest BCUT2D eigenvalue weighted by Gasteiger charge is 2.28. The van der Waals surface area contributed by atoms with Gasteiger partial charge in [0.2, 0.25) is 0 Å². The predicted octanol–water partition coefficient (Wildman–Crippen LogP) is 1.07. The summed E-state index contributed by atoms with van der Waals surface area (Å²) in [5, 5.41) is 7.04. The highest BCUT2D eigenvalue weighted by atomic mass is 32.1. The van der Waals surface area contributed by atoms with E-state index >= 15 is 0 Å². The summed E-state index contributed by atoms with van der Waals surface area (Å²) in [6.07, 6.45) is 2.22. The van der Waals surface area contributed by atoms with Crippen LogP contribution in [0.4, 0.5) is 0 Å². The van der Waals surface area contributed by atoms with Gasteiger partial charge in [0, 0.05) is 18.0 Å². The molecule has 1 aromatic heterocycles. The highest BCUT2D eigenvalue weighted by Crippen LogP contribution is 2.40. The van der Waals surface area contributed by atoms with Crippen LogP contribution in [-0.4, -0.2) is 22.2 Å². The maximum atomic E-state index is 11.7. The average molecular weight is 268 g/mol. The van der Waals surface area contributed by atoms with Crippen LogP contribution in [0, 0.1) is 0 Å². The summed E-state index contributed by atoms with van der Waals surface area (Å²) in [7, 11) is 0. The molecular weight excluding hydrogens is 252 g/mol. The van der Waals surface area contributed by atoms with Gasteiger partial charge >= 0.3 is 0 Å². The van der Waals surface area contributed by atoms with Gasteiger partial charge < -0.3 is 9.84 Å². The summed E-state index contributed by atoms with van der Waals surface area (Å²) in [6, 6.07) is 1.88. The van der Waals surface area contributed by atoms with Gasteiger partial charge in [-0.2, -0.15) is 0 Å². The second-order valence-electron chi connectivity index (χ2n) is 4.60. The second kappa shape index (κ2) is 5.34. The van der Waals surface area contributed by atoms with Crippen LogP contribution in [0.3, 0.4) is 0 Å². The van der Waals surface area contributed by atoms with Crippen LogP contribution in [-0.2, 0) is 0 Å². The van der Waals surface area contributed by atoms with Crippen LogP contribution in [0.5, 0.6) is 0 Å². The number of hydrogen-bond acceptors (Lipinski definition) is 4. The Morgan fingerprint density at radius 2 is 2.22 bits per heavy atom. The summed E-state index contributed by atoms with van der Waals surface area (Å²) >= 11 is 4.97. The largest absolute Gasteiger partial charge is 0.360 e. The van der Waals surface area contributed by atoms with E-state index < -0.39 is 0 Å². The molecule has 1 aromatic rings. The van der Waals surface area contributed by atoms with E-state index in [1.54, 1.807) is 6.07 Å². The number of nitrogens with zero attached hydrogens (tertiary/aromatic N) is 1. The molecule has 3 N–H and O–H groups in total. The van der Waals surface area contributed by atoms with Gasteiger partial charge in [-0.1, -0.05) is 5.16 Å². The van der Waals surface area contributed by atoms with Crippen LogP contribution >= 0.6 is 12.2 Å². The van der Waals surface area contributed by atoms with Crippen molar-refractivity contribution in [2.45, 2.75) is 38.6 Å². The zero-order valence-corrected chi connectivity index (χ0v) is 11.1. The standard InChI is InChI=1S/C11H16N4O2S/c1-6(2)12-11(18)14-13-10(16)8-5-9(17-15-8)7-3-4-7/h5-7H,3-4H2,1-2H3,(H,13,16)(H2,12,14,18). The monoisotopic (exact) mass is 268 g/mol. The van der Waals surface area contributed by atoms with E-state index in [1.165, 1.54) is 0 Å². The van der Waals surface area contributed by atoms with E-state index in [0.717, 1.165) is 18.6 Å². The SMILES string of the molecule is CC(C)NC(=S)NNC(=O)c1cc(C2CC2)on1. The average Bonchev–Trinajstić information content (AvgIpc) is 3.03. The summed E-state index contributed by atoms with van der Waals surface area (Å²) < 4.78 is 5.09. The lowest BCUT2D eigenvalue weighted by Gasteiger charge is -2.12. The van der Waals surface area contributed by atoms with Crippen molar-refractivity contribution in [3.05, 3.63) is 17.5 Å². The third-order valence-electron chi connectivity index (χ3n) is 2.45. The van der Waals surface area contributed by atoms with Crippen LogP contribution < -0.4 is 16.2 Å². The number of amides is 1. The molecule has 0 aliphatic heterocycles. The molecule has 6 nitrogen and oxygen atoms in total. The Morgan fingerprint density at radius 3 is 2.83 bits per heavy atom. The first kappa shape index (κ1) is 12.8. The minimum Gasteiger partial charge on any atom is -0.360 e. The van der Waals surface area contributed by atoms with Gasteiger partial charge in [0.25, 0.3) is 5.91 Å². The second-order valence-corrected chi connectivity index (χ2v) is 5.00. The maximum Gasteiger partial charge on any atom is 0.291 e. The lowest BCUT2D eigenvalue weighted by Crippen LogP contribution is -2.48. The molecule has 0 atom stereocenters. The number of rotatable bonds is 3. The lowest BCUT2D eigenvalue weighted by atomic mass is 10.3. The van der Waals surface area contributed by atoms with Crippen molar-refractivity contribution < 1.29 is 9.32 Å². The Kier molecular flexibility index (Phi) is 3.81. The Labute approximate surface area is 110 Å². The fraction of sp³-hybridized carbons (Fsp3) is 0.545. The highest BCUT2D eigenvalue weighted by molar-refractivity contribution is 7.80. The minimum absolute atomic E-state index is 0.204. The molecule has 2 rings (SSSR count). The summed E-state index contributed by atoms with van der Waals surface area (Å²) in [5.41, 5.74) is 5.33. The summed E-state index contributed by atoms with van der Waals surface area (Å²) in [4.78, 5) is 11.7. The van der Waals surface area contributed by atoms with Crippen molar-refractivity contribution >= 4 is 23.2 Å². The van der Waals surface area contributed by atoms with Crippen LogP contribution in [0.25, 0.3) is 0 Å². The first-order valence-corrected chi connectivity index (χ1v) is 6.30. The van der Waals surface area contributed by atoms with Gasteiger partial charge in [-0.15, -0.1) is 0 Å². The van der Waals surface area contributed by atoms with Crippen molar-refractivity contribution in [2.75, 3.05) is 0 Å². The van der Waals surface area contributed by atoms with E-state index in [-0.39, 0.29) is 17.6 Å². The first-order chi connectivity index (χ1) is 8.56. The van der Waals surface area contributed by atoms with Crippen LogP contribution in [0.1, 0.15) is 48.9 Å². The van der Waals surface area contributed by atoms with E-state index in [0.29, 0.717) is 11.0 Å².